The number of hydrogen-bond acceptors (Lipinski definition) is 3. The molecule has 1 aromatic carbocycles. The molecular formula is C16H16O3. The Hall–Kier alpha value is -2.16. The van der Waals surface area contributed by atoms with Crippen molar-refractivity contribution in [2.24, 2.45) is 5.41 Å². The van der Waals surface area contributed by atoms with Crippen LogP contribution in [0.5, 0.6) is 0 Å². The Balaban J connectivity index is 2.70. The van der Waals surface area contributed by atoms with Crippen LogP contribution >= 0.6 is 0 Å². The molecule has 0 amide bonds. The van der Waals surface area contributed by atoms with Crippen molar-refractivity contribution in [3.8, 4) is 0 Å². The normalized spacial score (nSPS) is 15.5. The fourth-order valence-electron chi connectivity index (χ4n) is 2.46. The second-order valence-corrected chi connectivity index (χ2v) is 5.30. The molecule has 0 atom stereocenters. The van der Waals surface area contributed by atoms with E-state index < -0.39 is 17.0 Å². The summed E-state index contributed by atoms with van der Waals surface area (Å²) in [6.07, 6.45) is 2.19. The number of carbonyl (C=O) groups excluding carboxylic acids is 2. The molecular weight excluding hydrogens is 240 g/mol. The smallest absolute Gasteiger partial charge is 0.234 e. The Morgan fingerprint density at radius 3 is 2.32 bits per heavy atom. The van der Waals surface area contributed by atoms with E-state index in [4.69, 9.17) is 0 Å². The lowest BCUT2D eigenvalue weighted by molar-refractivity contribution is -0.112. The van der Waals surface area contributed by atoms with Crippen molar-refractivity contribution in [2.45, 2.75) is 20.3 Å². The van der Waals surface area contributed by atoms with Crippen molar-refractivity contribution in [1.82, 2.24) is 0 Å². The molecule has 19 heavy (non-hydrogen) atoms. The molecule has 98 valence electrons. The highest BCUT2D eigenvalue weighted by Gasteiger charge is 2.39. The number of allylic oxidation sites excluding steroid dienone is 2. The van der Waals surface area contributed by atoms with E-state index in [-0.39, 0.29) is 16.9 Å². The largest absolute Gasteiger partial charge is 0.507 e. The number of hydrogen-bond donors (Lipinski definition) is 1. The first-order valence-electron chi connectivity index (χ1n) is 6.13. The maximum absolute atomic E-state index is 12.2. The van der Waals surface area contributed by atoms with E-state index in [9.17, 15) is 14.7 Å². The second-order valence-electron chi connectivity index (χ2n) is 5.30. The van der Waals surface area contributed by atoms with E-state index in [0.717, 1.165) is 0 Å². The van der Waals surface area contributed by atoms with E-state index in [1.165, 1.54) is 0 Å². The molecule has 3 heteroatoms. The van der Waals surface area contributed by atoms with Crippen LogP contribution in [0.2, 0.25) is 0 Å². The van der Waals surface area contributed by atoms with Crippen molar-refractivity contribution in [3.63, 3.8) is 0 Å². The highest BCUT2D eigenvalue weighted by molar-refractivity contribution is 6.52. The van der Waals surface area contributed by atoms with Crippen LogP contribution in [0.4, 0.5) is 0 Å². The van der Waals surface area contributed by atoms with Gasteiger partial charge in [-0.05, 0) is 6.42 Å². The van der Waals surface area contributed by atoms with E-state index >= 15 is 0 Å². The molecule has 0 radical (unpaired) electrons. The van der Waals surface area contributed by atoms with Crippen LogP contribution in [0, 0.1) is 5.41 Å². The topological polar surface area (TPSA) is 54.4 Å². The van der Waals surface area contributed by atoms with Crippen LogP contribution in [0.25, 0.3) is 5.76 Å². The summed E-state index contributed by atoms with van der Waals surface area (Å²) in [5, 5.41) is 10.3. The minimum atomic E-state index is -0.622. The number of aliphatic hydroxyl groups is 1. The first-order chi connectivity index (χ1) is 8.90. The summed E-state index contributed by atoms with van der Waals surface area (Å²) in [5.74, 6) is -1.27. The van der Waals surface area contributed by atoms with Gasteiger partial charge in [-0.25, -0.2) is 0 Å². The minimum absolute atomic E-state index is 0.0907. The van der Waals surface area contributed by atoms with Gasteiger partial charge in [0.05, 0.1) is 5.57 Å². The Kier molecular flexibility index (Phi) is 3.14. The summed E-state index contributed by atoms with van der Waals surface area (Å²) < 4.78 is 0. The molecule has 0 saturated carbocycles. The van der Waals surface area contributed by atoms with Crippen LogP contribution < -0.4 is 0 Å². The molecule has 3 nitrogen and oxygen atoms in total. The van der Waals surface area contributed by atoms with Crippen LogP contribution in [0.15, 0.2) is 42.5 Å². The molecule has 1 aliphatic rings. The van der Waals surface area contributed by atoms with Gasteiger partial charge in [0, 0.05) is 16.5 Å². The zero-order valence-electron chi connectivity index (χ0n) is 11.1. The van der Waals surface area contributed by atoms with E-state index in [2.05, 4.69) is 6.58 Å². The van der Waals surface area contributed by atoms with Crippen molar-refractivity contribution in [1.29, 1.82) is 0 Å². The summed E-state index contributed by atoms with van der Waals surface area (Å²) in [4.78, 5) is 24.3. The lowest BCUT2D eigenvalue weighted by Gasteiger charge is -2.29. The molecule has 0 aliphatic heterocycles. The molecule has 1 N–H and O–H groups in total. The molecule has 1 aliphatic carbocycles. The second kappa shape index (κ2) is 4.50. The first kappa shape index (κ1) is 13.3. The molecule has 0 spiro atoms. The molecule has 0 bridgehead atoms. The quantitative estimate of drug-likeness (QED) is 0.666. The van der Waals surface area contributed by atoms with Crippen molar-refractivity contribution >= 4 is 17.3 Å². The third kappa shape index (κ3) is 2.01. The van der Waals surface area contributed by atoms with E-state index in [1.54, 1.807) is 30.3 Å². The Morgan fingerprint density at radius 2 is 1.74 bits per heavy atom. The summed E-state index contributed by atoms with van der Waals surface area (Å²) in [6, 6.07) is 6.62. The minimum Gasteiger partial charge on any atom is -0.507 e. The lowest BCUT2D eigenvalue weighted by Crippen LogP contribution is -2.32. The molecule has 0 saturated heterocycles. The highest BCUT2D eigenvalue weighted by atomic mass is 16.3. The molecule has 0 aromatic heterocycles. The maximum atomic E-state index is 12.2. The predicted octanol–water partition coefficient (Wildman–Crippen LogP) is 3.32. The van der Waals surface area contributed by atoms with E-state index in [1.807, 2.05) is 13.8 Å². The van der Waals surface area contributed by atoms with Gasteiger partial charge in [-0.3, -0.25) is 9.59 Å². The van der Waals surface area contributed by atoms with Gasteiger partial charge in [0.15, 0.2) is 0 Å². The summed E-state index contributed by atoms with van der Waals surface area (Å²) in [5.41, 5.74) is 0.255. The first-order valence-corrected chi connectivity index (χ1v) is 6.13. The number of aliphatic hydroxyl groups excluding tert-OH is 1. The Morgan fingerprint density at radius 1 is 1.16 bits per heavy atom. The molecule has 0 unspecified atom stereocenters. The maximum Gasteiger partial charge on any atom is 0.234 e. The number of fused-ring (bicyclic) bond motifs is 1. The van der Waals surface area contributed by atoms with Gasteiger partial charge in [-0.2, -0.15) is 0 Å². The number of rotatable bonds is 3. The van der Waals surface area contributed by atoms with Gasteiger partial charge in [0.25, 0.3) is 0 Å². The van der Waals surface area contributed by atoms with Gasteiger partial charge < -0.3 is 5.11 Å². The van der Waals surface area contributed by atoms with Crippen LogP contribution in [0.3, 0.4) is 0 Å². The average Bonchev–Trinajstić information content (AvgIpc) is 2.36. The number of Topliss-reactive ketones (excluding diaryl/α,β-unsaturated/α-hetero) is 2. The van der Waals surface area contributed by atoms with Crippen LogP contribution in [-0.4, -0.2) is 16.7 Å². The number of benzene rings is 1. The Bertz CT molecular complexity index is 606. The zero-order valence-corrected chi connectivity index (χ0v) is 11.1. The fraction of sp³-hybridized carbons (Fsp3) is 0.250. The number of carbonyl (C=O) groups is 2. The zero-order chi connectivity index (χ0) is 14.2. The SMILES string of the molecule is C=CCC(C)(C)C1=C(O)c2ccccc2C(=O)C1=O. The molecule has 2 rings (SSSR count). The monoisotopic (exact) mass is 256 g/mol. The fourth-order valence-corrected chi connectivity index (χ4v) is 2.46. The molecule has 0 fully saturated rings. The van der Waals surface area contributed by atoms with Crippen molar-refractivity contribution in [2.75, 3.05) is 0 Å². The van der Waals surface area contributed by atoms with Gasteiger partial charge in [-0.1, -0.05) is 44.2 Å². The van der Waals surface area contributed by atoms with Crippen molar-refractivity contribution < 1.29 is 14.7 Å². The third-order valence-electron chi connectivity index (χ3n) is 3.43. The van der Waals surface area contributed by atoms with Gasteiger partial charge in [0.2, 0.25) is 11.6 Å². The summed E-state index contributed by atoms with van der Waals surface area (Å²) in [6.45, 7) is 7.29. The summed E-state index contributed by atoms with van der Waals surface area (Å²) in [7, 11) is 0. The third-order valence-corrected chi connectivity index (χ3v) is 3.43. The van der Waals surface area contributed by atoms with Crippen molar-refractivity contribution in [3.05, 3.63) is 53.6 Å². The molecule has 1 aromatic rings. The Labute approximate surface area is 112 Å². The highest BCUT2D eigenvalue weighted by Crippen LogP contribution is 2.39. The van der Waals surface area contributed by atoms with E-state index in [0.29, 0.717) is 12.0 Å². The van der Waals surface area contributed by atoms with Crippen LogP contribution in [-0.2, 0) is 4.79 Å². The lowest BCUT2D eigenvalue weighted by atomic mass is 9.73. The average molecular weight is 256 g/mol. The van der Waals surface area contributed by atoms with Gasteiger partial charge in [-0.15, -0.1) is 6.58 Å². The standard InChI is InChI=1S/C16H16O3/c1-4-9-16(2,3)12-13(17)10-7-5-6-8-11(10)14(18)15(12)19/h4-8,17H,1,9H2,2-3H3. The predicted molar refractivity (Wildman–Crippen MR) is 73.9 cm³/mol. The number of ketones is 2. The molecule has 0 heterocycles. The van der Waals surface area contributed by atoms with Crippen LogP contribution in [0.1, 0.15) is 36.2 Å². The summed E-state index contributed by atoms with van der Waals surface area (Å²) >= 11 is 0. The van der Waals surface area contributed by atoms with Gasteiger partial charge >= 0.3 is 0 Å². The van der Waals surface area contributed by atoms with Gasteiger partial charge in [0.1, 0.15) is 5.76 Å².